The molecule has 1 aromatic carbocycles. The highest BCUT2D eigenvalue weighted by Crippen LogP contribution is 2.59. The molecule has 4 saturated heterocycles. The van der Waals surface area contributed by atoms with Crippen LogP contribution in [0, 0.1) is 11.8 Å². The maximum absolute atomic E-state index is 14.6. The first-order chi connectivity index (χ1) is 23.7. The molecule has 4 aliphatic rings. The van der Waals surface area contributed by atoms with Crippen molar-refractivity contribution in [2.75, 3.05) is 52.5 Å². The number of carbonyl (C=O) groups excluding carboxylic acids is 4. The Morgan fingerprint density at radius 1 is 1.18 bits per heavy atom. The molecule has 5 rings (SSSR count). The lowest BCUT2D eigenvalue weighted by atomic mass is 9.70. The van der Waals surface area contributed by atoms with Crippen molar-refractivity contribution in [2.24, 2.45) is 11.8 Å². The number of fused-ring (bicyclic) bond motifs is 1. The molecule has 268 valence electrons. The zero-order chi connectivity index (χ0) is 35.1. The summed E-state index contributed by atoms with van der Waals surface area (Å²) in [5, 5.41) is 13.4. The molecule has 4 heterocycles. The lowest BCUT2D eigenvalue weighted by Crippen LogP contribution is -2.59. The number of allylic oxidation sites excluding steroid dienone is 1. The van der Waals surface area contributed by atoms with E-state index in [2.05, 4.69) is 23.4 Å². The number of carbonyl (C=O) groups is 4. The van der Waals surface area contributed by atoms with Crippen molar-refractivity contribution >= 4 is 23.7 Å². The number of likely N-dealkylation sites (tertiary alicyclic amines) is 1. The van der Waals surface area contributed by atoms with E-state index in [-0.39, 0.29) is 37.3 Å². The second kappa shape index (κ2) is 16.4. The van der Waals surface area contributed by atoms with Crippen LogP contribution in [0.2, 0.25) is 0 Å². The van der Waals surface area contributed by atoms with Crippen LogP contribution in [-0.4, -0.2) is 126 Å². The summed E-state index contributed by atoms with van der Waals surface area (Å²) in [6, 6.07) is 6.97. The average molecular weight is 681 g/mol. The van der Waals surface area contributed by atoms with Crippen LogP contribution in [-0.2, 0) is 33.4 Å². The predicted octanol–water partition coefficient (Wildman–Crippen LogP) is 2.23. The summed E-state index contributed by atoms with van der Waals surface area (Å²) < 4.78 is 18.4. The lowest BCUT2D eigenvalue weighted by Gasteiger charge is -2.39. The number of aliphatic hydroxyl groups is 1. The number of ether oxygens (including phenoxy) is 3. The maximum Gasteiger partial charge on any atom is 0.313 e. The first-order valence-electron chi connectivity index (χ1n) is 17.7. The molecule has 12 nitrogen and oxygen atoms in total. The Bertz CT molecular complexity index is 1350. The zero-order valence-electron chi connectivity index (χ0n) is 28.8. The molecule has 3 amide bonds. The van der Waals surface area contributed by atoms with Gasteiger partial charge in [-0.2, -0.15) is 0 Å². The molecule has 12 heteroatoms. The average Bonchev–Trinajstić information content (AvgIpc) is 3.76. The Labute approximate surface area is 289 Å². The molecule has 2 N–H and O–H groups in total. The molecular weight excluding hydrogens is 628 g/mol. The number of hydrogen-bond acceptors (Lipinski definition) is 9. The number of benzene rings is 1. The Kier molecular flexibility index (Phi) is 12.3. The van der Waals surface area contributed by atoms with E-state index in [1.807, 2.05) is 37.3 Å². The Balaban J connectivity index is 1.43. The smallest absolute Gasteiger partial charge is 0.313 e. The molecule has 0 aliphatic carbocycles. The first kappa shape index (κ1) is 36.7. The van der Waals surface area contributed by atoms with Crippen LogP contribution in [0.4, 0.5) is 0 Å². The van der Waals surface area contributed by atoms with E-state index in [1.165, 1.54) is 4.90 Å². The fourth-order valence-electron chi connectivity index (χ4n) is 8.09. The van der Waals surface area contributed by atoms with Crippen molar-refractivity contribution in [1.82, 2.24) is 20.0 Å². The summed E-state index contributed by atoms with van der Waals surface area (Å²) in [7, 11) is 0. The zero-order valence-corrected chi connectivity index (χ0v) is 28.8. The Hall–Kier alpha value is -3.58. The van der Waals surface area contributed by atoms with E-state index in [9.17, 15) is 24.3 Å². The van der Waals surface area contributed by atoms with Crippen LogP contribution in [0.1, 0.15) is 57.6 Å². The second-order valence-electron chi connectivity index (χ2n) is 13.5. The van der Waals surface area contributed by atoms with Crippen molar-refractivity contribution < 1.29 is 38.5 Å². The first-order valence-corrected chi connectivity index (χ1v) is 17.7. The third-order valence-corrected chi connectivity index (χ3v) is 10.6. The van der Waals surface area contributed by atoms with Crippen LogP contribution in [0.5, 0.6) is 0 Å². The van der Waals surface area contributed by atoms with Gasteiger partial charge in [-0.15, -0.1) is 13.2 Å². The van der Waals surface area contributed by atoms with Gasteiger partial charge in [-0.05, 0) is 38.2 Å². The molecule has 0 unspecified atom stereocenters. The fourth-order valence-corrected chi connectivity index (χ4v) is 8.09. The fraction of sp³-hybridized carbons (Fsp3) is 0.622. The number of hydrogen-bond donors (Lipinski definition) is 2. The molecule has 8 atom stereocenters. The van der Waals surface area contributed by atoms with Gasteiger partial charge in [0.2, 0.25) is 17.7 Å². The van der Waals surface area contributed by atoms with Gasteiger partial charge >= 0.3 is 5.97 Å². The van der Waals surface area contributed by atoms with Gasteiger partial charge < -0.3 is 34.4 Å². The summed E-state index contributed by atoms with van der Waals surface area (Å²) in [6.07, 6.45) is 4.00. The topological polar surface area (TPSA) is 138 Å². The van der Waals surface area contributed by atoms with E-state index < -0.39 is 53.7 Å². The highest BCUT2D eigenvalue weighted by Gasteiger charge is 2.75. The van der Waals surface area contributed by atoms with Crippen LogP contribution in [0.3, 0.4) is 0 Å². The normalized spacial score (nSPS) is 28.0. The minimum atomic E-state index is -1.24. The van der Waals surface area contributed by atoms with E-state index in [4.69, 9.17) is 14.2 Å². The summed E-state index contributed by atoms with van der Waals surface area (Å²) in [5.74, 6) is -3.35. The van der Waals surface area contributed by atoms with Crippen molar-refractivity contribution in [2.45, 2.75) is 81.9 Å². The van der Waals surface area contributed by atoms with Crippen molar-refractivity contribution in [3.63, 3.8) is 0 Å². The van der Waals surface area contributed by atoms with Gasteiger partial charge in [0.15, 0.2) is 0 Å². The number of nitrogens with zero attached hydrogens (tertiary/aromatic N) is 3. The van der Waals surface area contributed by atoms with E-state index in [0.29, 0.717) is 57.6 Å². The standard InChI is InChI=1S/C37H52N4O8/c1-5-8-14-29(43)38-25(4)32(26-12-10-9-11-13-26)48-36(46)30-28-15-16-37(49-28)31(30)34(44)41(27(7-3)24-42)33(37)35(45)40(17-6-2)19-18-39-20-22-47-23-21-39/h5-6,9-13,25,27-28,30-33,42H,1-2,7-8,14-24H2,3-4H3,(H,38,43)/t25-,27+,28+,30-,31-,32-,33+,37-/m1/s1. The molecule has 0 radical (unpaired) electrons. The summed E-state index contributed by atoms with van der Waals surface area (Å²) >= 11 is 0. The maximum atomic E-state index is 14.6. The summed E-state index contributed by atoms with van der Waals surface area (Å²) in [6.45, 7) is 15.0. The second-order valence-corrected chi connectivity index (χ2v) is 13.5. The van der Waals surface area contributed by atoms with E-state index >= 15 is 0 Å². The van der Waals surface area contributed by atoms with E-state index in [1.54, 1.807) is 24.0 Å². The molecule has 0 saturated carbocycles. The monoisotopic (exact) mass is 680 g/mol. The van der Waals surface area contributed by atoms with Crippen LogP contribution in [0.25, 0.3) is 0 Å². The molecule has 4 fully saturated rings. The number of rotatable bonds is 17. The minimum Gasteiger partial charge on any atom is -0.455 e. The van der Waals surface area contributed by atoms with Crippen LogP contribution in [0.15, 0.2) is 55.6 Å². The lowest BCUT2D eigenvalue weighted by molar-refractivity contribution is -0.162. The SMILES string of the molecule is C=CCCC(=O)N[C@H](C)[C@@H](OC(=O)[C@@H]1[C@@H]2CC[C@]3(O2)[C@H](C(=O)N(CC=C)CCN2CCOCC2)N([C@@H](CC)CO)C(=O)[C@@H]13)c1ccccc1. The number of morpholine rings is 1. The van der Waals surface area contributed by atoms with E-state index in [0.717, 1.165) is 13.1 Å². The van der Waals surface area contributed by atoms with Gasteiger partial charge in [-0.1, -0.05) is 49.4 Å². The quantitative estimate of drug-likeness (QED) is 0.188. The third kappa shape index (κ3) is 7.47. The van der Waals surface area contributed by atoms with Gasteiger partial charge in [0, 0.05) is 39.1 Å². The third-order valence-electron chi connectivity index (χ3n) is 10.6. The molecule has 49 heavy (non-hydrogen) atoms. The van der Waals surface area contributed by atoms with Crippen LogP contribution >= 0.6 is 0 Å². The molecule has 1 spiro atoms. The Morgan fingerprint density at radius 2 is 1.92 bits per heavy atom. The number of amides is 3. The van der Waals surface area contributed by atoms with Crippen LogP contribution < -0.4 is 5.32 Å². The summed E-state index contributed by atoms with van der Waals surface area (Å²) in [5.41, 5.74) is -0.541. The number of esters is 1. The van der Waals surface area contributed by atoms with Crippen molar-refractivity contribution in [3.8, 4) is 0 Å². The molecule has 1 aromatic rings. The highest BCUT2D eigenvalue weighted by atomic mass is 16.6. The summed E-state index contributed by atoms with van der Waals surface area (Å²) in [4.78, 5) is 61.6. The number of nitrogens with one attached hydrogen (secondary N) is 1. The van der Waals surface area contributed by atoms with Crippen molar-refractivity contribution in [1.29, 1.82) is 0 Å². The predicted molar refractivity (Wildman–Crippen MR) is 182 cm³/mol. The van der Waals surface area contributed by atoms with Crippen molar-refractivity contribution in [3.05, 3.63) is 61.2 Å². The Morgan fingerprint density at radius 3 is 2.57 bits per heavy atom. The molecule has 2 bridgehead atoms. The molecule has 4 aliphatic heterocycles. The largest absolute Gasteiger partial charge is 0.455 e. The van der Waals surface area contributed by atoms with Gasteiger partial charge in [0.05, 0.1) is 49.8 Å². The minimum absolute atomic E-state index is 0.193. The molecular formula is C37H52N4O8. The van der Waals surface area contributed by atoms with Gasteiger partial charge in [-0.25, -0.2) is 0 Å². The highest BCUT2D eigenvalue weighted by molar-refractivity contribution is 5.98. The van der Waals surface area contributed by atoms with Gasteiger partial charge in [0.1, 0.15) is 17.7 Å². The van der Waals surface area contributed by atoms with Gasteiger partial charge in [0.25, 0.3) is 0 Å². The van der Waals surface area contributed by atoms with Gasteiger partial charge in [-0.3, -0.25) is 24.1 Å². The molecule has 0 aromatic heterocycles. The number of aliphatic hydroxyl groups excluding tert-OH is 1.